The molecule has 5 aliphatic rings. The minimum absolute atomic E-state index is 0. The van der Waals surface area contributed by atoms with Gasteiger partial charge in [-0.05, 0) is 48.3 Å². The Morgan fingerprint density at radius 2 is 1.08 bits per heavy atom. The van der Waals surface area contributed by atoms with Gasteiger partial charge in [0.1, 0.15) is 11.6 Å². The van der Waals surface area contributed by atoms with E-state index in [1.165, 1.54) is 16.6 Å². The minimum Gasteiger partial charge on any atom is -1.00 e. The summed E-state index contributed by atoms with van der Waals surface area (Å²) >= 11 is 4.07. The number of rotatable bonds is 4. The van der Waals surface area contributed by atoms with Crippen molar-refractivity contribution in [3.63, 3.8) is 0 Å². The number of carbonyl (C=O) groups excluding carboxylic acids is 2. The topological polar surface area (TPSA) is 143 Å². The molecule has 4 bridgehead atoms. The molecule has 38 heavy (non-hydrogen) atoms. The molecule has 8 nitrogen and oxygen atoms in total. The normalized spacial score (nSPS) is 33.6. The predicted octanol–water partition coefficient (Wildman–Crippen LogP) is -1.81. The Labute approximate surface area is 293 Å². The van der Waals surface area contributed by atoms with Crippen molar-refractivity contribution in [2.45, 2.75) is 66.2 Å². The third-order valence-electron chi connectivity index (χ3n) is 9.67. The van der Waals surface area contributed by atoms with E-state index < -0.39 is 42.6 Å². The monoisotopic (exact) mass is 676 g/mol. The van der Waals surface area contributed by atoms with Gasteiger partial charge in [-0.1, -0.05) is 27.7 Å². The Balaban J connectivity index is -0.000000526. The summed E-state index contributed by atoms with van der Waals surface area (Å²) in [6, 6.07) is 0. The van der Waals surface area contributed by atoms with Gasteiger partial charge in [-0.25, -0.2) is 0 Å². The zero-order chi connectivity index (χ0) is 26.5. The Bertz CT molecular complexity index is 1000. The van der Waals surface area contributed by atoms with E-state index in [4.69, 9.17) is 9.11 Å². The number of thioether (sulfide) groups is 2. The molecule has 4 saturated carbocycles. The van der Waals surface area contributed by atoms with Gasteiger partial charge >= 0.3 is 59.1 Å². The summed E-state index contributed by atoms with van der Waals surface area (Å²) in [6.45, 7) is 7.78. The van der Waals surface area contributed by atoms with Crippen molar-refractivity contribution >= 4 is 55.3 Å². The third kappa shape index (κ3) is 8.09. The minimum atomic E-state index is -4.08. The first kappa shape index (κ1) is 40.4. The second-order valence-corrected chi connectivity index (χ2v) is 17.2. The summed E-state index contributed by atoms with van der Waals surface area (Å²) in [5.41, 5.74) is -2.24. The number of ketones is 2. The van der Waals surface area contributed by atoms with Gasteiger partial charge in [-0.2, -0.15) is 40.4 Å². The summed E-state index contributed by atoms with van der Waals surface area (Å²) in [5.74, 6) is 2.56. The van der Waals surface area contributed by atoms with E-state index in [0.717, 1.165) is 12.8 Å². The number of hydrogen-bond donors (Lipinski definition) is 2. The number of hydrogen-bond acceptors (Lipinski definition) is 8. The second-order valence-electron chi connectivity index (χ2n) is 11.7. The van der Waals surface area contributed by atoms with Gasteiger partial charge in [0.05, 0.1) is 22.3 Å². The Hall–Kier alpha value is 2.35. The molecular formula is C23H40Na2NiO8S4. The van der Waals surface area contributed by atoms with Gasteiger partial charge in [0.2, 0.25) is 0 Å². The number of carbonyl (C=O) groups is 2. The van der Waals surface area contributed by atoms with Crippen LogP contribution in [0.25, 0.3) is 0 Å². The molecule has 5 rings (SSSR count). The summed E-state index contributed by atoms with van der Waals surface area (Å²) in [6.07, 6.45) is 3.94. The third-order valence-corrected chi connectivity index (χ3v) is 14.0. The number of Topliss-reactive ketones (excluding diaryl/α,β-unsaturated/α-hetero) is 2. The Morgan fingerprint density at radius 3 is 1.24 bits per heavy atom. The van der Waals surface area contributed by atoms with Crippen molar-refractivity contribution in [2.24, 2.45) is 33.5 Å². The summed E-state index contributed by atoms with van der Waals surface area (Å²) in [4.78, 5) is 23.8. The van der Waals surface area contributed by atoms with Crippen molar-refractivity contribution < 1.29 is 114 Å². The van der Waals surface area contributed by atoms with Crippen LogP contribution in [0.4, 0.5) is 0 Å². The van der Waals surface area contributed by atoms with E-state index >= 15 is 0 Å². The Morgan fingerprint density at radius 1 is 0.763 bits per heavy atom. The van der Waals surface area contributed by atoms with Crippen molar-refractivity contribution in [2.75, 3.05) is 28.1 Å². The maximum atomic E-state index is 11.9. The first-order valence-electron chi connectivity index (χ1n) is 12.0. The van der Waals surface area contributed by atoms with Crippen LogP contribution in [0, 0.1) is 33.5 Å². The van der Waals surface area contributed by atoms with Crippen LogP contribution in [-0.2, 0) is 46.3 Å². The molecule has 2 N–H and O–H groups in total. The van der Waals surface area contributed by atoms with Gasteiger partial charge in [0, 0.05) is 45.9 Å². The van der Waals surface area contributed by atoms with Crippen molar-refractivity contribution in [3.05, 3.63) is 0 Å². The molecule has 1 aliphatic heterocycles. The summed E-state index contributed by atoms with van der Waals surface area (Å²) in [5, 5.41) is 1.33. The van der Waals surface area contributed by atoms with Gasteiger partial charge in [-0.15, -0.1) is 0 Å². The quantitative estimate of drug-likeness (QED) is 0.259. The van der Waals surface area contributed by atoms with E-state index in [1.807, 2.05) is 51.2 Å². The zero-order valence-electron chi connectivity index (χ0n) is 25.2. The zero-order valence-corrected chi connectivity index (χ0v) is 31.5. The molecule has 0 aromatic rings. The summed E-state index contributed by atoms with van der Waals surface area (Å²) < 4.78 is 62.0. The standard InChI is InChI=1S/2C10H16O4S.C3H6S2.2Na.Ni.2H/c2*1-9(2)7-3-4-10(9,8(11)5-7)6-15(12,13)14;1-2-5-3-4-1;;;;;/h2*7H,3-6H2,1-2H3,(H,12,13,14);1-3H2;;;;;/q;;;2*+1;;2*-1. The fourth-order valence-corrected chi connectivity index (χ4v) is 12.1. The summed E-state index contributed by atoms with van der Waals surface area (Å²) in [7, 11) is -8.15. The van der Waals surface area contributed by atoms with E-state index in [1.54, 1.807) is 0 Å². The average Bonchev–Trinajstić information content (AvgIpc) is 3.45. The SMILES string of the molecule is C1CSCS1.CC1(C)C2CCC1(CS(=O)(=O)O)C(=O)C2.CC1(C)C2CCC1(CS(=O)(=O)O)C(=O)C2.[H-].[H-].[Na+].[Na+].[Ni]. The molecule has 4 unspecified atom stereocenters. The molecule has 0 aromatic carbocycles. The van der Waals surface area contributed by atoms with Gasteiger partial charge in [0.25, 0.3) is 20.2 Å². The van der Waals surface area contributed by atoms with Crippen LogP contribution in [0.2, 0.25) is 0 Å². The van der Waals surface area contributed by atoms with Crippen molar-refractivity contribution in [3.8, 4) is 0 Å². The fraction of sp³-hybridized carbons (Fsp3) is 0.913. The maximum absolute atomic E-state index is 11.9. The molecule has 5 fully saturated rings. The molecule has 0 spiro atoms. The molecule has 15 heteroatoms. The molecular weight excluding hydrogens is 637 g/mol. The van der Waals surface area contributed by atoms with Gasteiger partial charge in [-0.3, -0.25) is 18.7 Å². The molecule has 0 aromatic heterocycles. The second kappa shape index (κ2) is 14.4. The molecule has 1 heterocycles. The predicted molar refractivity (Wildman–Crippen MR) is 142 cm³/mol. The van der Waals surface area contributed by atoms with Crippen LogP contribution in [0.3, 0.4) is 0 Å². The van der Waals surface area contributed by atoms with Crippen LogP contribution >= 0.6 is 23.5 Å². The van der Waals surface area contributed by atoms with Crippen molar-refractivity contribution in [1.29, 1.82) is 0 Å². The molecule has 4 aliphatic carbocycles. The molecule has 0 radical (unpaired) electrons. The smallest absolute Gasteiger partial charge is 1.00 e. The van der Waals surface area contributed by atoms with Gasteiger partial charge < -0.3 is 2.85 Å². The Kier molecular flexibility index (Phi) is 15.3. The van der Waals surface area contributed by atoms with Crippen LogP contribution in [-0.4, -0.2) is 65.6 Å². The molecule has 4 atom stereocenters. The van der Waals surface area contributed by atoms with Crippen LogP contribution in [0.1, 0.15) is 69.1 Å². The van der Waals surface area contributed by atoms with Crippen LogP contribution < -0.4 is 59.1 Å². The fourth-order valence-electron chi connectivity index (χ4n) is 7.13. The molecule has 1 saturated heterocycles. The van der Waals surface area contributed by atoms with E-state index in [0.29, 0.717) is 25.7 Å². The molecule has 216 valence electrons. The van der Waals surface area contributed by atoms with Crippen LogP contribution in [0.15, 0.2) is 0 Å². The van der Waals surface area contributed by atoms with E-state index in [2.05, 4.69) is 0 Å². The number of fused-ring (bicyclic) bond motifs is 4. The van der Waals surface area contributed by atoms with E-state index in [-0.39, 0.29) is 113 Å². The largest absolute Gasteiger partial charge is 1.00 e. The maximum Gasteiger partial charge on any atom is 1.00 e. The van der Waals surface area contributed by atoms with E-state index in [9.17, 15) is 26.4 Å². The average molecular weight is 678 g/mol. The van der Waals surface area contributed by atoms with Crippen LogP contribution in [0.5, 0.6) is 0 Å². The van der Waals surface area contributed by atoms with Gasteiger partial charge in [0.15, 0.2) is 0 Å². The first-order valence-corrected chi connectivity index (χ1v) is 17.5. The molecule has 0 amide bonds. The first-order chi connectivity index (χ1) is 15.9. The van der Waals surface area contributed by atoms with Crippen molar-refractivity contribution in [1.82, 2.24) is 0 Å².